The Balaban J connectivity index is 1.92. The van der Waals surface area contributed by atoms with Crippen molar-refractivity contribution in [2.24, 2.45) is 5.14 Å². The van der Waals surface area contributed by atoms with Crippen LogP contribution in [0, 0.1) is 11.6 Å². The molecule has 0 bridgehead atoms. The van der Waals surface area contributed by atoms with Crippen molar-refractivity contribution >= 4 is 49.8 Å². The molecule has 0 spiro atoms. The number of ketones is 1. The number of benzene rings is 1. The highest BCUT2D eigenvalue weighted by Gasteiger charge is 2.27. The summed E-state index contributed by atoms with van der Waals surface area (Å²) in [6.07, 6.45) is 2.64. The van der Waals surface area contributed by atoms with Crippen molar-refractivity contribution < 1.29 is 22.0 Å². The van der Waals surface area contributed by atoms with Crippen molar-refractivity contribution in [3.05, 3.63) is 69.8 Å². The Morgan fingerprint density at radius 2 is 2.00 bits per heavy atom. The van der Waals surface area contributed by atoms with Crippen molar-refractivity contribution in [3.8, 4) is 10.4 Å². The minimum Gasteiger partial charge on any atom is -0.345 e. The summed E-state index contributed by atoms with van der Waals surface area (Å²) in [4.78, 5) is 19.4. The highest BCUT2D eigenvalue weighted by Crippen LogP contribution is 2.36. The smallest absolute Gasteiger partial charge is 0.239 e. The van der Waals surface area contributed by atoms with E-state index in [2.05, 4.69) is 9.97 Å². The lowest BCUT2D eigenvalue weighted by atomic mass is 9.99. The number of hydrogen-bond acceptors (Lipinski definition) is 5. The third-order valence-electron chi connectivity index (χ3n) is 4.24. The first-order valence-electron chi connectivity index (χ1n) is 7.94. The number of fused-ring (bicyclic) bond motifs is 1. The maximum Gasteiger partial charge on any atom is 0.239 e. The van der Waals surface area contributed by atoms with Gasteiger partial charge in [-0.2, -0.15) is 0 Å². The summed E-state index contributed by atoms with van der Waals surface area (Å²) in [5.74, 6) is -3.22. The molecule has 11 heteroatoms. The molecule has 0 aliphatic rings. The number of halogens is 3. The summed E-state index contributed by atoms with van der Waals surface area (Å²) in [6.45, 7) is 0. The van der Waals surface area contributed by atoms with Crippen LogP contribution in [-0.4, -0.2) is 24.2 Å². The number of nitrogens with zero attached hydrogens (tertiary/aromatic N) is 1. The minimum atomic E-state index is -4.14. The van der Waals surface area contributed by atoms with Gasteiger partial charge in [-0.05, 0) is 29.6 Å². The molecular weight excluding hydrogens is 444 g/mol. The van der Waals surface area contributed by atoms with E-state index in [4.69, 9.17) is 16.7 Å². The van der Waals surface area contributed by atoms with E-state index in [-0.39, 0.29) is 25.9 Å². The zero-order chi connectivity index (χ0) is 20.9. The Morgan fingerprint density at radius 3 is 2.72 bits per heavy atom. The zero-order valence-electron chi connectivity index (χ0n) is 14.2. The topological polar surface area (TPSA) is 106 Å². The normalized spacial score (nSPS) is 11.9. The molecule has 0 saturated carbocycles. The Kier molecular flexibility index (Phi) is 4.74. The lowest BCUT2D eigenvalue weighted by Gasteiger charge is -2.09. The Labute approximate surface area is 172 Å². The lowest BCUT2D eigenvalue weighted by molar-refractivity contribution is 0.103. The van der Waals surface area contributed by atoms with Gasteiger partial charge in [-0.1, -0.05) is 11.6 Å². The Morgan fingerprint density at radius 1 is 1.24 bits per heavy atom. The molecule has 3 aromatic heterocycles. The molecule has 0 radical (unpaired) electrons. The molecule has 148 valence electrons. The quantitative estimate of drug-likeness (QED) is 0.453. The van der Waals surface area contributed by atoms with Crippen molar-refractivity contribution in [2.45, 2.75) is 4.90 Å². The number of sulfonamides is 1. The molecule has 0 aliphatic carbocycles. The van der Waals surface area contributed by atoms with Crippen LogP contribution in [0.5, 0.6) is 0 Å². The van der Waals surface area contributed by atoms with Crippen LogP contribution in [0.15, 0.2) is 46.9 Å². The number of carbonyl (C=O) groups excluding carboxylic acids is 1. The molecule has 6 nitrogen and oxygen atoms in total. The molecule has 0 saturated heterocycles. The fourth-order valence-electron chi connectivity index (χ4n) is 2.95. The molecule has 0 aliphatic heterocycles. The average molecular weight is 454 g/mol. The summed E-state index contributed by atoms with van der Waals surface area (Å²) in [6, 6.07) is 4.63. The summed E-state index contributed by atoms with van der Waals surface area (Å²) in [5.41, 5.74) is -0.769. The van der Waals surface area contributed by atoms with Gasteiger partial charge in [0.2, 0.25) is 15.8 Å². The van der Waals surface area contributed by atoms with Gasteiger partial charge >= 0.3 is 0 Å². The van der Waals surface area contributed by atoms with Gasteiger partial charge in [0.1, 0.15) is 22.2 Å². The van der Waals surface area contributed by atoms with Crippen molar-refractivity contribution in [2.75, 3.05) is 0 Å². The second-order valence-electron chi connectivity index (χ2n) is 6.02. The monoisotopic (exact) mass is 453 g/mol. The number of nitrogens with one attached hydrogen (secondary N) is 1. The van der Waals surface area contributed by atoms with Crippen LogP contribution in [-0.2, 0) is 10.0 Å². The standard InChI is InChI=1S/C18H10ClF2N3O3S2/c19-8-5-10-11(7-24-18(10)23-6-8)16(25)14-12(20)2-1-9(15(14)21)17-13(3-4-28-17)29(22,26)27/h1-7H,(H,23,24)(H2,22,26,27). The molecule has 0 unspecified atom stereocenters. The second-order valence-corrected chi connectivity index (χ2v) is 8.91. The van der Waals surface area contributed by atoms with Crippen LogP contribution in [0.3, 0.4) is 0 Å². The van der Waals surface area contributed by atoms with Crippen molar-refractivity contribution in [1.82, 2.24) is 9.97 Å². The van der Waals surface area contributed by atoms with E-state index in [1.165, 1.54) is 29.9 Å². The minimum absolute atomic E-state index is 0.0252. The molecule has 0 fully saturated rings. The fraction of sp³-hybridized carbons (Fsp3) is 0. The van der Waals surface area contributed by atoms with E-state index < -0.39 is 33.0 Å². The van der Waals surface area contributed by atoms with Crippen LogP contribution >= 0.6 is 22.9 Å². The average Bonchev–Trinajstić information content (AvgIpc) is 3.28. The number of thiophene rings is 1. The van der Waals surface area contributed by atoms with Crippen LogP contribution in [0.25, 0.3) is 21.5 Å². The number of aromatic amines is 1. The molecule has 0 amide bonds. The van der Waals surface area contributed by atoms with E-state index in [1.807, 2.05) is 0 Å². The summed E-state index contributed by atoms with van der Waals surface area (Å²) >= 11 is 6.82. The summed E-state index contributed by atoms with van der Waals surface area (Å²) in [7, 11) is -4.14. The van der Waals surface area contributed by atoms with Crippen LogP contribution in [0.1, 0.15) is 15.9 Å². The zero-order valence-corrected chi connectivity index (χ0v) is 16.6. The summed E-state index contributed by atoms with van der Waals surface area (Å²) in [5, 5.41) is 7.12. The van der Waals surface area contributed by atoms with Gasteiger partial charge in [0, 0.05) is 28.9 Å². The molecular formula is C18H10ClF2N3O3S2. The van der Waals surface area contributed by atoms with Crippen LogP contribution in [0.4, 0.5) is 8.78 Å². The number of aromatic nitrogens is 2. The van der Waals surface area contributed by atoms with Gasteiger partial charge in [0.15, 0.2) is 0 Å². The van der Waals surface area contributed by atoms with Gasteiger partial charge in [0.05, 0.1) is 15.5 Å². The third kappa shape index (κ3) is 3.33. The first-order chi connectivity index (χ1) is 13.7. The predicted octanol–water partition coefficient (Wildman–Crippen LogP) is 4.10. The van der Waals surface area contributed by atoms with Gasteiger partial charge in [-0.15, -0.1) is 11.3 Å². The molecule has 29 heavy (non-hydrogen) atoms. The molecule has 4 aromatic rings. The van der Waals surface area contributed by atoms with E-state index in [1.54, 1.807) is 0 Å². The molecule has 1 aromatic carbocycles. The molecule has 0 atom stereocenters. The largest absolute Gasteiger partial charge is 0.345 e. The molecule has 4 rings (SSSR count). The van der Waals surface area contributed by atoms with Crippen molar-refractivity contribution in [1.29, 1.82) is 0 Å². The van der Waals surface area contributed by atoms with Crippen LogP contribution < -0.4 is 5.14 Å². The number of hydrogen-bond donors (Lipinski definition) is 2. The highest BCUT2D eigenvalue weighted by atomic mass is 35.5. The number of nitrogens with two attached hydrogens (primary N) is 1. The van der Waals surface area contributed by atoms with Gasteiger partial charge < -0.3 is 4.98 Å². The lowest BCUT2D eigenvalue weighted by Crippen LogP contribution is -2.13. The predicted molar refractivity (Wildman–Crippen MR) is 106 cm³/mol. The maximum atomic E-state index is 15.2. The number of H-pyrrole nitrogens is 1. The Bertz CT molecular complexity index is 1400. The number of carbonyl (C=O) groups is 1. The molecule has 3 heterocycles. The number of rotatable bonds is 4. The van der Waals surface area contributed by atoms with Gasteiger partial charge in [-0.25, -0.2) is 27.3 Å². The Hall–Kier alpha value is -2.66. The maximum absolute atomic E-state index is 15.2. The van der Waals surface area contributed by atoms with E-state index in [9.17, 15) is 17.6 Å². The SMILES string of the molecule is NS(=O)(=O)c1ccsc1-c1ccc(F)c(C(=O)c2c[nH]c3ncc(Cl)cc23)c1F. The number of pyridine rings is 1. The van der Waals surface area contributed by atoms with Crippen LogP contribution in [0.2, 0.25) is 5.02 Å². The van der Waals surface area contributed by atoms with E-state index in [0.717, 1.165) is 23.5 Å². The third-order valence-corrected chi connectivity index (χ3v) is 6.48. The second kappa shape index (κ2) is 6.99. The van der Waals surface area contributed by atoms with E-state index >= 15 is 4.39 Å². The van der Waals surface area contributed by atoms with Crippen molar-refractivity contribution in [3.63, 3.8) is 0 Å². The van der Waals surface area contributed by atoms with Gasteiger partial charge in [-0.3, -0.25) is 4.79 Å². The molecule has 3 N–H and O–H groups in total. The fourth-order valence-corrected chi connectivity index (χ4v) is 5.13. The first kappa shape index (κ1) is 19.6. The highest BCUT2D eigenvalue weighted by molar-refractivity contribution is 7.89. The van der Waals surface area contributed by atoms with E-state index in [0.29, 0.717) is 11.0 Å². The van der Waals surface area contributed by atoms with Gasteiger partial charge in [0.25, 0.3) is 0 Å². The summed E-state index contributed by atoms with van der Waals surface area (Å²) < 4.78 is 53.2. The first-order valence-corrected chi connectivity index (χ1v) is 10.7. The number of primary sulfonamides is 1.